The number of hydrogen-bond donors (Lipinski definition) is 2. The first kappa shape index (κ1) is 14.1. The van der Waals surface area contributed by atoms with Gasteiger partial charge in [-0.15, -0.1) is 0 Å². The molecule has 0 aromatic heterocycles. The van der Waals surface area contributed by atoms with Crippen LogP contribution in [0.2, 0.25) is 0 Å². The van der Waals surface area contributed by atoms with E-state index in [9.17, 15) is 0 Å². The molecule has 0 aliphatic carbocycles. The summed E-state index contributed by atoms with van der Waals surface area (Å²) < 4.78 is 16.1. The van der Waals surface area contributed by atoms with Gasteiger partial charge in [-0.1, -0.05) is 6.07 Å². The standard InChI is InChI=1S/C14H22N2O3/c1-9-11(17-2)5-4-10(12(9)18-3)13(16)14(6-15)7-19-8-14/h4-5,13H,6-8,15-16H2,1-3H3. The summed E-state index contributed by atoms with van der Waals surface area (Å²) in [5.41, 5.74) is 14.0. The molecule has 1 saturated heterocycles. The molecule has 5 nitrogen and oxygen atoms in total. The van der Waals surface area contributed by atoms with Crippen LogP contribution in [-0.4, -0.2) is 34.0 Å². The van der Waals surface area contributed by atoms with Crippen LogP contribution in [-0.2, 0) is 4.74 Å². The number of rotatable bonds is 5. The van der Waals surface area contributed by atoms with E-state index in [2.05, 4.69) is 0 Å². The van der Waals surface area contributed by atoms with Gasteiger partial charge >= 0.3 is 0 Å². The summed E-state index contributed by atoms with van der Waals surface area (Å²) in [4.78, 5) is 0. The van der Waals surface area contributed by atoms with Crippen LogP contribution in [0.1, 0.15) is 17.2 Å². The topological polar surface area (TPSA) is 79.7 Å². The predicted molar refractivity (Wildman–Crippen MR) is 73.5 cm³/mol. The van der Waals surface area contributed by atoms with Crippen molar-refractivity contribution in [3.63, 3.8) is 0 Å². The molecule has 1 aliphatic heterocycles. The molecule has 1 aliphatic rings. The van der Waals surface area contributed by atoms with Gasteiger partial charge in [0.15, 0.2) is 0 Å². The van der Waals surface area contributed by atoms with Crippen molar-refractivity contribution in [1.29, 1.82) is 0 Å². The lowest BCUT2D eigenvalue weighted by Crippen LogP contribution is -2.55. The number of methoxy groups -OCH3 is 2. The smallest absolute Gasteiger partial charge is 0.130 e. The summed E-state index contributed by atoms with van der Waals surface area (Å²) in [5, 5.41) is 0. The molecular formula is C14H22N2O3. The van der Waals surface area contributed by atoms with Crippen LogP contribution in [0.15, 0.2) is 12.1 Å². The molecule has 0 radical (unpaired) electrons. The van der Waals surface area contributed by atoms with E-state index in [1.54, 1.807) is 14.2 Å². The average molecular weight is 266 g/mol. The summed E-state index contributed by atoms with van der Waals surface area (Å²) in [6.45, 7) is 3.65. The Morgan fingerprint density at radius 1 is 1.32 bits per heavy atom. The van der Waals surface area contributed by atoms with E-state index in [1.807, 2.05) is 19.1 Å². The molecule has 0 amide bonds. The number of ether oxygens (including phenoxy) is 3. The highest BCUT2D eigenvalue weighted by Gasteiger charge is 2.44. The molecule has 0 saturated carbocycles. The fourth-order valence-corrected chi connectivity index (χ4v) is 2.55. The molecule has 1 fully saturated rings. The van der Waals surface area contributed by atoms with E-state index in [0.717, 1.165) is 22.6 Å². The summed E-state index contributed by atoms with van der Waals surface area (Å²) in [7, 11) is 3.28. The van der Waals surface area contributed by atoms with Gasteiger partial charge in [-0.2, -0.15) is 0 Å². The first-order valence-corrected chi connectivity index (χ1v) is 6.34. The van der Waals surface area contributed by atoms with Crippen LogP contribution in [0.25, 0.3) is 0 Å². The highest BCUT2D eigenvalue weighted by atomic mass is 16.5. The van der Waals surface area contributed by atoms with E-state index in [4.69, 9.17) is 25.7 Å². The molecule has 2 rings (SSSR count). The van der Waals surface area contributed by atoms with E-state index in [0.29, 0.717) is 19.8 Å². The van der Waals surface area contributed by atoms with Crippen molar-refractivity contribution in [3.8, 4) is 11.5 Å². The van der Waals surface area contributed by atoms with Crippen molar-refractivity contribution >= 4 is 0 Å². The Morgan fingerprint density at radius 3 is 2.42 bits per heavy atom. The third kappa shape index (κ3) is 2.18. The Balaban J connectivity index is 2.42. The molecule has 0 bridgehead atoms. The Hall–Kier alpha value is -1.30. The second-order valence-electron chi connectivity index (χ2n) is 5.05. The van der Waals surface area contributed by atoms with Gasteiger partial charge in [-0.05, 0) is 13.0 Å². The largest absolute Gasteiger partial charge is 0.496 e. The molecular weight excluding hydrogens is 244 g/mol. The van der Waals surface area contributed by atoms with Crippen molar-refractivity contribution in [2.24, 2.45) is 16.9 Å². The molecule has 1 aromatic carbocycles. The fraction of sp³-hybridized carbons (Fsp3) is 0.571. The highest BCUT2D eigenvalue weighted by Crippen LogP contribution is 2.43. The van der Waals surface area contributed by atoms with Crippen molar-refractivity contribution in [2.75, 3.05) is 34.0 Å². The Bertz CT molecular complexity index is 453. The van der Waals surface area contributed by atoms with Gasteiger partial charge in [0.05, 0.1) is 27.4 Å². The molecule has 1 unspecified atom stereocenters. The normalized spacial score (nSPS) is 18.6. The highest BCUT2D eigenvalue weighted by molar-refractivity contribution is 5.51. The summed E-state index contributed by atoms with van der Waals surface area (Å²) >= 11 is 0. The van der Waals surface area contributed by atoms with E-state index < -0.39 is 0 Å². The maximum Gasteiger partial charge on any atom is 0.130 e. The molecule has 5 heteroatoms. The van der Waals surface area contributed by atoms with Gasteiger partial charge in [0.25, 0.3) is 0 Å². The summed E-state index contributed by atoms with van der Waals surface area (Å²) in [5.74, 6) is 1.56. The first-order valence-electron chi connectivity index (χ1n) is 6.34. The van der Waals surface area contributed by atoms with Crippen molar-refractivity contribution in [1.82, 2.24) is 0 Å². The SMILES string of the molecule is COc1ccc(C(N)C2(CN)COC2)c(OC)c1C. The minimum atomic E-state index is -0.203. The fourth-order valence-electron chi connectivity index (χ4n) is 2.55. The zero-order valence-corrected chi connectivity index (χ0v) is 11.7. The monoisotopic (exact) mass is 266 g/mol. The Labute approximate surface area is 113 Å². The van der Waals surface area contributed by atoms with Gasteiger partial charge in [0.1, 0.15) is 11.5 Å². The number of benzene rings is 1. The van der Waals surface area contributed by atoms with Gasteiger partial charge in [0, 0.05) is 29.1 Å². The van der Waals surface area contributed by atoms with Gasteiger partial charge in [-0.25, -0.2) is 0 Å². The summed E-state index contributed by atoms with van der Waals surface area (Å²) in [6, 6.07) is 3.66. The third-order valence-electron chi connectivity index (χ3n) is 3.99. The van der Waals surface area contributed by atoms with Gasteiger partial charge < -0.3 is 25.7 Å². The van der Waals surface area contributed by atoms with Gasteiger partial charge in [-0.3, -0.25) is 0 Å². The van der Waals surface area contributed by atoms with E-state index in [-0.39, 0.29) is 11.5 Å². The number of nitrogens with two attached hydrogens (primary N) is 2. The molecule has 1 heterocycles. The second-order valence-corrected chi connectivity index (χ2v) is 5.05. The Kier molecular flexibility index (Phi) is 3.99. The lowest BCUT2D eigenvalue weighted by atomic mass is 9.75. The van der Waals surface area contributed by atoms with Crippen LogP contribution in [0.3, 0.4) is 0 Å². The molecule has 19 heavy (non-hydrogen) atoms. The zero-order chi connectivity index (χ0) is 14.0. The van der Waals surface area contributed by atoms with Gasteiger partial charge in [0.2, 0.25) is 0 Å². The maximum absolute atomic E-state index is 6.40. The third-order valence-corrected chi connectivity index (χ3v) is 3.99. The molecule has 106 valence electrons. The van der Waals surface area contributed by atoms with Crippen LogP contribution in [0.4, 0.5) is 0 Å². The van der Waals surface area contributed by atoms with Crippen LogP contribution < -0.4 is 20.9 Å². The van der Waals surface area contributed by atoms with Crippen molar-refractivity contribution in [3.05, 3.63) is 23.3 Å². The molecule has 1 atom stereocenters. The Morgan fingerprint density at radius 2 is 2.00 bits per heavy atom. The molecule has 1 aromatic rings. The minimum Gasteiger partial charge on any atom is -0.496 e. The predicted octanol–water partition coefficient (Wildman–Crippen LogP) is 0.987. The van der Waals surface area contributed by atoms with Crippen molar-refractivity contribution in [2.45, 2.75) is 13.0 Å². The minimum absolute atomic E-state index is 0.186. The lowest BCUT2D eigenvalue weighted by molar-refractivity contribution is -0.121. The van der Waals surface area contributed by atoms with Crippen LogP contribution >= 0.6 is 0 Å². The maximum atomic E-state index is 6.40. The van der Waals surface area contributed by atoms with Crippen molar-refractivity contribution < 1.29 is 14.2 Å². The van der Waals surface area contributed by atoms with Crippen LogP contribution in [0.5, 0.6) is 11.5 Å². The average Bonchev–Trinajstić information content (AvgIpc) is 2.37. The summed E-state index contributed by atoms with van der Waals surface area (Å²) in [6.07, 6.45) is 0. The lowest BCUT2D eigenvalue weighted by Gasteiger charge is -2.45. The van der Waals surface area contributed by atoms with E-state index in [1.165, 1.54) is 0 Å². The second kappa shape index (κ2) is 5.36. The zero-order valence-electron chi connectivity index (χ0n) is 11.7. The molecule has 0 spiro atoms. The van der Waals surface area contributed by atoms with E-state index >= 15 is 0 Å². The first-order chi connectivity index (χ1) is 9.09. The van der Waals surface area contributed by atoms with Crippen LogP contribution in [0, 0.1) is 12.3 Å². The quantitative estimate of drug-likeness (QED) is 0.830. The number of hydrogen-bond acceptors (Lipinski definition) is 5. The molecule has 4 N–H and O–H groups in total.